The minimum atomic E-state index is -0.388. The Morgan fingerprint density at radius 3 is 2.65 bits per heavy atom. The largest absolute Gasteiger partial charge is 0.487 e. The van der Waals surface area contributed by atoms with Gasteiger partial charge in [0.25, 0.3) is 0 Å². The molecule has 0 spiro atoms. The Labute approximate surface area is 103 Å². The second-order valence-corrected chi connectivity index (χ2v) is 6.15. The summed E-state index contributed by atoms with van der Waals surface area (Å²) in [6.45, 7) is 6.45. The van der Waals surface area contributed by atoms with Crippen LogP contribution in [0.3, 0.4) is 0 Å². The van der Waals surface area contributed by atoms with Crippen molar-refractivity contribution in [1.29, 1.82) is 0 Å². The van der Waals surface area contributed by atoms with Gasteiger partial charge in [0, 0.05) is 17.4 Å². The SMILES string of the molecule is Cc1ccc2c(c1)[C@H](O)CC(C)(C1(C)CC1)O2. The van der Waals surface area contributed by atoms with Crippen LogP contribution in [-0.2, 0) is 0 Å². The first-order chi connectivity index (χ1) is 7.94. The van der Waals surface area contributed by atoms with Crippen molar-refractivity contribution in [2.24, 2.45) is 5.41 Å². The van der Waals surface area contributed by atoms with Gasteiger partial charge in [-0.3, -0.25) is 0 Å². The van der Waals surface area contributed by atoms with Crippen LogP contribution in [0.25, 0.3) is 0 Å². The highest BCUT2D eigenvalue weighted by Crippen LogP contribution is 2.59. The van der Waals surface area contributed by atoms with Crippen LogP contribution >= 0.6 is 0 Å². The zero-order valence-corrected chi connectivity index (χ0v) is 10.8. The van der Waals surface area contributed by atoms with Crippen LogP contribution in [0, 0.1) is 12.3 Å². The monoisotopic (exact) mass is 232 g/mol. The van der Waals surface area contributed by atoms with Gasteiger partial charge in [-0.2, -0.15) is 0 Å². The molecule has 1 aliphatic carbocycles. The number of aliphatic hydroxyl groups is 1. The molecule has 1 N–H and O–H groups in total. The Hall–Kier alpha value is -1.02. The zero-order chi connectivity index (χ0) is 12.3. The maximum Gasteiger partial charge on any atom is 0.125 e. The quantitative estimate of drug-likeness (QED) is 0.804. The Morgan fingerprint density at radius 1 is 1.29 bits per heavy atom. The van der Waals surface area contributed by atoms with Gasteiger partial charge in [-0.25, -0.2) is 0 Å². The first-order valence-corrected chi connectivity index (χ1v) is 6.41. The summed E-state index contributed by atoms with van der Waals surface area (Å²) < 4.78 is 6.21. The Bertz CT molecular complexity index is 462. The van der Waals surface area contributed by atoms with E-state index in [9.17, 15) is 5.11 Å². The molecule has 1 unspecified atom stereocenters. The molecule has 1 saturated carbocycles. The molecule has 0 bridgehead atoms. The van der Waals surface area contributed by atoms with E-state index in [1.807, 2.05) is 25.1 Å². The summed E-state index contributed by atoms with van der Waals surface area (Å²) in [7, 11) is 0. The Kier molecular flexibility index (Phi) is 2.13. The molecule has 1 aromatic carbocycles. The molecule has 17 heavy (non-hydrogen) atoms. The van der Waals surface area contributed by atoms with Crippen molar-refractivity contribution in [3.63, 3.8) is 0 Å². The van der Waals surface area contributed by atoms with Crippen molar-refractivity contribution in [2.45, 2.75) is 51.7 Å². The molecule has 92 valence electrons. The standard InChI is InChI=1S/C15H20O2/c1-10-4-5-13-11(8-10)12(16)9-15(3,17-13)14(2)6-7-14/h4-5,8,12,16H,6-7,9H2,1-3H3/t12-,15?/m1/s1. The second kappa shape index (κ2) is 3.26. The molecule has 2 atom stereocenters. The highest BCUT2D eigenvalue weighted by atomic mass is 16.5. The Balaban J connectivity index is 2.01. The number of ether oxygens (including phenoxy) is 1. The van der Waals surface area contributed by atoms with Crippen LogP contribution in [0.5, 0.6) is 5.75 Å². The van der Waals surface area contributed by atoms with Crippen LogP contribution in [0.4, 0.5) is 0 Å². The average molecular weight is 232 g/mol. The molecule has 2 heteroatoms. The van der Waals surface area contributed by atoms with Gasteiger partial charge in [0.2, 0.25) is 0 Å². The molecule has 1 heterocycles. The van der Waals surface area contributed by atoms with Gasteiger partial charge in [-0.05, 0) is 38.8 Å². The van der Waals surface area contributed by atoms with E-state index in [1.165, 1.54) is 18.4 Å². The third-order valence-corrected chi connectivity index (χ3v) is 4.72. The second-order valence-electron chi connectivity index (χ2n) is 6.15. The lowest BCUT2D eigenvalue weighted by molar-refractivity contribution is -0.0472. The van der Waals surface area contributed by atoms with E-state index in [1.54, 1.807) is 0 Å². The lowest BCUT2D eigenvalue weighted by Gasteiger charge is -2.42. The van der Waals surface area contributed by atoms with Crippen LogP contribution in [0.15, 0.2) is 18.2 Å². The first kappa shape index (κ1) is 11.1. The molecule has 0 aromatic heterocycles. The van der Waals surface area contributed by atoms with Gasteiger partial charge in [-0.1, -0.05) is 18.6 Å². The van der Waals surface area contributed by atoms with E-state index in [4.69, 9.17) is 4.74 Å². The summed E-state index contributed by atoms with van der Waals surface area (Å²) in [5, 5.41) is 10.3. The topological polar surface area (TPSA) is 29.5 Å². The van der Waals surface area contributed by atoms with Crippen molar-refractivity contribution >= 4 is 0 Å². The van der Waals surface area contributed by atoms with Crippen LogP contribution in [0.1, 0.15) is 50.3 Å². The van der Waals surface area contributed by atoms with Crippen molar-refractivity contribution in [2.75, 3.05) is 0 Å². The third kappa shape index (κ3) is 1.58. The number of benzene rings is 1. The van der Waals surface area contributed by atoms with E-state index < -0.39 is 0 Å². The van der Waals surface area contributed by atoms with Gasteiger partial charge in [0.1, 0.15) is 11.4 Å². The normalized spacial score (nSPS) is 33.8. The van der Waals surface area contributed by atoms with Crippen molar-refractivity contribution in [3.8, 4) is 5.75 Å². The fraction of sp³-hybridized carbons (Fsp3) is 0.600. The van der Waals surface area contributed by atoms with E-state index in [2.05, 4.69) is 13.8 Å². The maximum absolute atomic E-state index is 10.3. The highest BCUT2D eigenvalue weighted by molar-refractivity contribution is 5.41. The summed E-state index contributed by atoms with van der Waals surface area (Å²) >= 11 is 0. The van der Waals surface area contributed by atoms with Gasteiger partial charge in [0.15, 0.2) is 0 Å². The number of rotatable bonds is 1. The van der Waals surface area contributed by atoms with Crippen molar-refractivity contribution < 1.29 is 9.84 Å². The molecule has 1 aliphatic heterocycles. The first-order valence-electron chi connectivity index (χ1n) is 6.41. The molecule has 1 fully saturated rings. The average Bonchev–Trinajstić information content (AvgIpc) is 3.00. The van der Waals surface area contributed by atoms with Crippen molar-refractivity contribution in [1.82, 2.24) is 0 Å². The van der Waals surface area contributed by atoms with Crippen LogP contribution in [0.2, 0.25) is 0 Å². The van der Waals surface area contributed by atoms with E-state index >= 15 is 0 Å². The molecular weight excluding hydrogens is 212 g/mol. The predicted molar refractivity (Wildman–Crippen MR) is 67.1 cm³/mol. The fourth-order valence-corrected chi connectivity index (χ4v) is 2.87. The number of hydrogen-bond donors (Lipinski definition) is 1. The molecule has 0 saturated heterocycles. The van der Waals surface area contributed by atoms with E-state index in [0.29, 0.717) is 6.42 Å². The lowest BCUT2D eigenvalue weighted by Crippen LogP contribution is -2.45. The molecule has 0 radical (unpaired) electrons. The minimum absolute atomic E-state index is 0.214. The number of hydrogen-bond acceptors (Lipinski definition) is 2. The van der Waals surface area contributed by atoms with Gasteiger partial charge in [-0.15, -0.1) is 0 Å². The highest BCUT2D eigenvalue weighted by Gasteiger charge is 2.57. The molecule has 2 aliphatic rings. The van der Waals surface area contributed by atoms with E-state index in [-0.39, 0.29) is 17.1 Å². The van der Waals surface area contributed by atoms with Gasteiger partial charge in [0.05, 0.1) is 6.10 Å². The van der Waals surface area contributed by atoms with Crippen molar-refractivity contribution in [3.05, 3.63) is 29.3 Å². The van der Waals surface area contributed by atoms with Gasteiger partial charge < -0.3 is 9.84 Å². The fourth-order valence-electron chi connectivity index (χ4n) is 2.87. The lowest BCUT2D eigenvalue weighted by atomic mass is 9.79. The number of fused-ring (bicyclic) bond motifs is 1. The smallest absolute Gasteiger partial charge is 0.125 e. The zero-order valence-electron chi connectivity index (χ0n) is 10.8. The number of aryl methyl sites for hydroxylation is 1. The summed E-state index contributed by atoms with van der Waals surface area (Å²) in [6, 6.07) is 6.08. The summed E-state index contributed by atoms with van der Waals surface area (Å²) in [5.41, 5.74) is 2.16. The molecule has 3 rings (SSSR count). The third-order valence-electron chi connectivity index (χ3n) is 4.72. The summed E-state index contributed by atoms with van der Waals surface area (Å²) in [4.78, 5) is 0. The molecule has 1 aromatic rings. The summed E-state index contributed by atoms with van der Waals surface area (Å²) in [5.74, 6) is 0.866. The molecule has 0 amide bonds. The molecular formula is C15H20O2. The Morgan fingerprint density at radius 2 is 2.00 bits per heavy atom. The van der Waals surface area contributed by atoms with Gasteiger partial charge >= 0.3 is 0 Å². The summed E-state index contributed by atoms with van der Waals surface area (Å²) in [6.07, 6.45) is 2.73. The van der Waals surface area contributed by atoms with E-state index in [0.717, 1.165) is 11.3 Å². The minimum Gasteiger partial charge on any atom is -0.487 e. The molecule has 2 nitrogen and oxygen atoms in total. The number of aliphatic hydroxyl groups excluding tert-OH is 1. The van der Waals surface area contributed by atoms with Crippen LogP contribution in [-0.4, -0.2) is 10.7 Å². The maximum atomic E-state index is 10.3. The van der Waals surface area contributed by atoms with Crippen LogP contribution < -0.4 is 4.74 Å². The predicted octanol–water partition coefficient (Wildman–Crippen LogP) is 3.37.